The lowest BCUT2D eigenvalue weighted by Gasteiger charge is -1.90. The van der Waals surface area contributed by atoms with Crippen LogP contribution < -0.4 is 0 Å². The van der Waals surface area contributed by atoms with E-state index in [-0.39, 0.29) is 5.69 Å². The van der Waals surface area contributed by atoms with Gasteiger partial charge in [-0.05, 0) is 6.42 Å². The number of aromatic nitrogens is 5. The molecule has 0 bridgehead atoms. The van der Waals surface area contributed by atoms with Crippen molar-refractivity contribution >= 4 is 11.7 Å². The summed E-state index contributed by atoms with van der Waals surface area (Å²) in [5.74, 6) is 0.178. The summed E-state index contributed by atoms with van der Waals surface area (Å²) in [6, 6.07) is 0. The molecule has 18 heavy (non-hydrogen) atoms. The smallest absolute Gasteiger partial charge is 0.356 e. The SMILES string of the molecule is CCc1[nH]c(-c2cn3ccnc3[nH]2)nc1C(=O)O. The maximum Gasteiger partial charge on any atom is 0.356 e. The molecule has 0 radical (unpaired) electrons. The summed E-state index contributed by atoms with van der Waals surface area (Å²) in [4.78, 5) is 25.3. The van der Waals surface area contributed by atoms with Gasteiger partial charge >= 0.3 is 5.97 Å². The highest BCUT2D eigenvalue weighted by Gasteiger charge is 2.17. The molecule has 3 heterocycles. The van der Waals surface area contributed by atoms with Crippen molar-refractivity contribution in [1.29, 1.82) is 0 Å². The van der Waals surface area contributed by atoms with Crippen molar-refractivity contribution < 1.29 is 9.90 Å². The molecule has 7 heteroatoms. The number of hydrogen-bond acceptors (Lipinski definition) is 3. The monoisotopic (exact) mass is 245 g/mol. The second kappa shape index (κ2) is 3.73. The number of fused-ring (bicyclic) bond motifs is 1. The minimum absolute atomic E-state index is 0.0692. The van der Waals surface area contributed by atoms with Crippen molar-refractivity contribution in [3.8, 4) is 11.5 Å². The molecule has 3 aromatic heterocycles. The standard InChI is InChI=1S/C11H11N5O2/c1-2-6-8(10(17)18)15-9(13-6)7-5-16-4-3-12-11(16)14-7/h3-5H,2H2,1H3,(H,12,14)(H,13,15)(H,17,18). The number of H-pyrrole nitrogens is 2. The lowest BCUT2D eigenvalue weighted by atomic mass is 10.3. The molecule has 0 unspecified atom stereocenters. The van der Waals surface area contributed by atoms with Gasteiger partial charge in [-0.1, -0.05) is 6.92 Å². The van der Waals surface area contributed by atoms with Crippen LogP contribution in [0, 0.1) is 0 Å². The Morgan fingerprint density at radius 3 is 2.94 bits per heavy atom. The molecule has 3 aromatic rings. The Balaban J connectivity index is 2.11. The van der Waals surface area contributed by atoms with E-state index in [1.165, 1.54) is 0 Å². The maximum atomic E-state index is 11.0. The van der Waals surface area contributed by atoms with Gasteiger partial charge < -0.3 is 15.1 Å². The zero-order chi connectivity index (χ0) is 12.7. The van der Waals surface area contributed by atoms with Gasteiger partial charge in [-0.25, -0.2) is 14.8 Å². The fraction of sp³-hybridized carbons (Fsp3) is 0.182. The summed E-state index contributed by atoms with van der Waals surface area (Å²) >= 11 is 0. The summed E-state index contributed by atoms with van der Waals surface area (Å²) < 4.78 is 1.81. The van der Waals surface area contributed by atoms with Crippen LogP contribution in [0.25, 0.3) is 17.3 Å². The summed E-state index contributed by atoms with van der Waals surface area (Å²) in [5, 5.41) is 9.05. The zero-order valence-corrected chi connectivity index (χ0v) is 9.64. The molecular weight excluding hydrogens is 234 g/mol. The van der Waals surface area contributed by atoms with Crippen LogP contribution >= 0.6 is 0 Å². The van der Waals surface area contributed by atoms with Crippen molar-refractivity contribution in [2.24, 2.45) is 0 Å². The summed E-state index contributed by atoms with van der Waals surface area (Å²) in [6.45, 7) is 1.88. The van der Waals surface area contributed by atoms with Crippen LogP contribution in [0.2, 0.25) is 0 Å². The first-order valence-corrected chi connectivity index (χ1v) is 5.53. The Hall–Kier alpha value is -2.57. The lowest BCUT2D eigenvalue weighted by Crippen LogP contribution is -2.00. The van der Waals surface area contributed by atoms with Crippen LogP contribution in [0.4, 0.5) is 0 Å². The number of aromatic amines is 2. The van der Waals surface area contributed by atoms with E-state index in [1.807, 2.05) is 17.5 Å². The van der Waals surface area contributed by atoms with Gasteiger partial charge in [-0.3, -0.25) is 4.40 Å². The van der Waals surface area contributed by atoms with Crippen LogP contribution in [-0.4, -0.2) is 35.4 Å². The third-order valence-corrected chi connectivity index (χ3v) is 2.77. The van der Waals surface area contributed by atoms with E-state index in [1.54, 1.807) is 12.4 Å². The number of nitrogens with zero attached hydrogens (tertiary/aromatic N) is 3. The van der Waals surface area contributed by atoms with E-state index >= 15 is 0 Å². The van der Waals surface area contributed by atoms with Gasteiger partial charge in [0, 0.05) is 24.3 Å². The predicted octanol–water partition coefficient (Wildman–Crippen LogP) is 1.31. The second-order valence-corrected chi connectivity index (χ2v) is 3.90. The normalized spacial score (nSPS) is 11.2. The third-order valence-electron chi connectivity index (χ3n) is 2.77. The van der Waals surface area contributed by atoms with E-state index < -0.39 is 5.97 Å². The predicted molar refractivity (Wildman–Crippen MR) is 63.5 cm³/mol. The highest BCUT2D eigenvalue weighted by molar-refractivity contribution is 5.87. The molecule has 0 aliphatic rings. The molecule has 3 N–H and O–H groups in total. The molecule has 0 aliphatic heterocycles. The largest absolute Gasteiger partial charge is 0.476 e. The molecular formula is C11H11N5O2. The first-order chi connectivity index (χ1) is 8.69. The first kappa shape index (κ1) is 10.6. The molecule has 0 atom stereocenters. The average molecular weight is 245 g/mol. The van der Waals surface area contributed by atoms with Gasteiger partial charge in [0.15, 0.2) is 11.5 Å². The van der Waals surface area contributed by atoms with E-state index in [9.17, 15) is 4.79 Å². The van der Waals surface area contributed by atoms with Crippen molar-refractivity contribution in [3.05, 3.63) is 30.0 Å². The minimum atomic E-state index is -1.02. The van der Waals surface area contributed by atoms with Crippen LogP contribution in [0.3, 0.4) is 0 Å². The van der Waals surface area contributed by atoms with E-state index in [4.69, 9.17) is 5.11 Å². The van der Waals surface area contributed by atoms with Crippen molar-refractivity contribution in [3.63, 3.8) is 0 Å². The summed E-state index contributed by atoms with van der Waals surface area (Å²) in [5.41, 5.74) is 1.39. The average Bonchev–Trinajstić information content (AvgIpc) is 3.01. The van der Waals surface area contributed by atoms with Gasteiger partial charge in [-0.15, -0.1) is 0 Å². The van der Waals surface area contributed by atoms with Gasteiger partial charge in [0.1, 0.15) is 5.69 Å². The van der Waals surface area contributed by atoms with Crippen LogP contribution in [0.5, 0.6) is 0 Å². The van der Waals surface area contributed by atoms with Crippen molar-refractivity contribution in [2.75, 3.05) is 0 Å². The third kappa shape index (κ3) is 1.48. The van der Waals surface area contributed by atoms with Crippen LogP contribution in [0.15, 0.2) is 18.6 Å². The van der Waals surface area contributed by atoms with Crippen LogP contribution in [0.1, 0.15) is 23.1 Å². The van der Waals surface area contributed by atoms with Crippen LogP contribution in [-0.2, 0) is 6.42 Å². The number of rotatable bonds is 3. The van der Waals surface area contributed by atoms with Gasteiger partial charge in [0.05, 0.1) is 0 Å². The molecule has 3 rings (SSSR count). The highest BCUT2D eigenvalue weighted by atomic mass is 16.4. The van der Waals surface area contributed by atoms with Gasteiger partial charge in [0.25, 0.3) is 0 Å². The number of carboxylic acid groups (broad SMARTS) is 1. The summed E-state index contributed by atoms with van der Waals surface area (Å²) in [7, 11) is 0. The number of carbonyl (C=O) groups is 1. The molecule has 0 aromatic carbocycles. The zero-order valence-electron chi connectivity index (χ0n) is 9.64. The Bertz CT molecular complexity index is 692. The number of imidazole rings is 3. The first-order valence-electron chi connectivity index (χ1n) is 5.53. The topological polar surface area (TPSA) is 99.1 Å². The number of nitrogens with one attached hydrogen (secondary N) is 2. The molecule has 0 spiro atoms. The molecule has 0 saturated carbocycles. The Morgan fingerprint density at radius 1 is 1.50 bits per heavy atom. The summed E-state index contributed by atoms with van der Waals surface area (Å²) in [6.07, 6.45) is 5.88. The molecule has 0 fully saturated rings. The Kier molecular flexibility index (Phi) is 2.19. The van der Waals surface area contributed by atoms with E-state index in [0.29, 0.717) is 29.4 Å². The fourth-order valence-corrected chi connectivity index (χ4v) is 1.90. The van der Waals surface area contributed by atoms with Crippen molar-refractivity contribution in [2.45, 2.75) is 13.3 Å². The number of aromatic carboxylic acids is 1. The number of aryl methyl sites for hydroxylation is 1. The lowest BCUT2D eigenvalue weighted by molar-refractivity contribution is 0.0690. The van der Waals surface area contributed by atoms with Gasteiger partial charge in [-0.2, -0.15) is 0 Å². The van der Waals surface area contributed by atoms with E-state index in [0.717, 1.165) is 0 Å². The number of carboxylic acids is 1. The molecule has 0 amide bonds. The second-order valence-electron chi connectivity index (χ2n) is 3.90. The Morgan fingerprint density at radius 2 is 2.33 bits per heavy atom. The fourth-order valence-electron chi connectivity index (χ4n) is 1.90. The molecule has 7 nitrogen and oxygen atoms in total. The number of hydrogen-bond donors (Lipinski definition) is 3. The molecule has 0 saturated heterocycles. The van der Waals surface area contributed by atoms with Gasteiger partial charge in [0.2, 0.25) is 5.78 Å². The quantitative estimate of drug-likeness (QED) is 0.647. The maximum absolute atomic E-state index is 11.0. The van der Waals surface area contributed by atoms with E-state index in [2.05, 4.69) is 19.9 Å². The Labute approximate surface area is 102 Å². The molecule has 0 aliphatic carbocycles. The van der Waals surface area contributed by atoms with Crippen molar-refractivity contribution in [1.82, 2.24) is 24.3 Å². The highest BCUT2D eigenvalue weighted by Crippen LogP contribution is 2.18. The minimum Gasteiger partial charge on any atom is -0.476 e. The molecule has 92 valence electrons.